The predicted molar refractivity (Wildman–Crippen MR) is 75.4 cm³/mol. The highest BCUT2D eigenvalue weighted by Gasteiger charge is 2.13. The summed E-state index contributed by atoms with van der Waals surface area (Å²) >= 11 is 3.37. The van der Waals surface area contributed by atoms with Crippen LogP contribution in [0.25, 0.3) is 11.1 Å². The Kier molecular flexibility index (Phi) is 3.72. The number of oxazole rings is 1. The molecule has 3 rings (SSSR count). The standard InChI is InChI=1S/C13H15BrN2O3/c14-10-1-2-11-12(9-10)19-13(17)16(11)4-3-15-5-7-18-8-6-15/h1-2,9H,3-8H2. The van der Waals surface area contributed by atoms with Gasteiger partial charge in [-0.3, -0.25) is 9.47 Å². The number of halogens is 1. The highest BCUT2D eigenvalue weighted by atomic mass is 79.9. The zero-order chi connectivity index (χ0) is 13.2. The number of rotatable bonds is 3. The number of benzene rings is 1. The first kappa shape index (κ1) is 12.9. The number of hydrogen-bond donors (Lipinski definition) is 0. The van der Waals surface area contributed by atoms with Crippen molar-refractivity contribution in [1.29, 1.82) is 0 Å². The Balaban J connectivity index is 1.80. The minimum Gasteiger partial charge on any atom is -0.408 e. The third-order valence-corrected chi connectivity index (χ3v) is 3.87. The van der Waals surface area contributed by atoms with E-state index < -0.39 is 0 Å². The van der Waals surface area contributed by atoms with Crippen LogP contribution in [-0.2, 0) is 11.3 Å². The molecule has 0 amide bonds. The van der Waals surface area contributed by atoms with Crippen LogP contribution in [0.2, 0.25) is 0 Å². The third kappa shape index (κ3) is 2.75. The number of ether oxygens (including phenoxy) is 1. The average molecular weight is 327 g/mol. The number of morpholine rings is 1. The van der Waals surface area contributed by atoms with Gasteiger partial charge in [-0.25, -0.2) is 4.79 Å². The smallest absolute Gasteiger partial charge is 0.408 e. The van der Waals surface area contributed by atoms with Crippen LogP contribution in [0.4, 0.5) is 0 Å². The van der Waals surface area contributed by atoms with Gasteiger partial charge in [0.25, 0.3) is 0 Å². The van der Waals surface area contributed by atoms with Gasteiger partial charge in [-0.2, -0.15) is 0 Å². The van der Waals surface area contributed by atoms with E-state index in [1.54, 1.807) is 4.57 Å². The first-order chi connectivity index (χ1) is 9.24. The molecule has 1 aromatic heterocycles. The van der Waals surface area contributed by atoms with E-state index in [4.69, 9.17) is 9.15 Å². The molecule has 1 aliphatic rings. The monoisotopic (exact) mass is 326 g/mol. The molecule has 2 heterocycles. The molecule has 0 radical (unpaired) electrons. The summed E-state index contributed by atoms with van der Waals surface area (Å²) in [4.78, 5) is 14.2. The lowest BCUT2D eigenvalue weighted by Gasteiger charge is -2.26. The van der Waals surface area contributed by atoms with Crippen molar-refractivity contribution in [2.24, 2.45) is 0 Å². The summed E-state index contributed by atoms with van der Waals surface area (Å²) in [6.45, 7) is 4.88. The molecule has 1 aromatic carbocycles. The van der Waals surface area contributed by atoms with E-state index in [0.717, 1.165) is 42.8 Å². The Morgan fingerprint density at radius 3 is 2.79 bits per heavy atom. The normalized spacial score (nSPS) is 17.1. The Morgan fingerprint density at radius 2 is 2.00 bits per heavy atom. The molecule has 5 nitrogen and oxygen atoms in total. The van der Waals surface area contributed by atoms with Crippen LogP contribution in [-0.4, -0.2) is 42.3 Å². The Morgan fingerprint density at radius 1 is 1.21 bits per heavy atom. The first-order valence-corrected chi connectivity index (χ1v) is 7.12. The van der Waals surface area contributed by atoms with Crippen LogP contribution in [0.3, 0.4) is 0 Å². The Bertz CT molecular complexity index is 628. The van der Waals surface area contributed by atoms with Crippen LogP contribution >= 0.6 is 15.9 Å². The molecule has 0 saturated carbocycles. The molecule has 1 saturated heterocycles. The van der Waals surface area contributed by atoms with Gasteiger partial charge in [0.2, 0.25) is 0 Å². The number of hydrogen-bond acceptors (Lipinski definition) is 4. The molecule has 1 fully saturated rings. The molecule has 0 aliphatic carbocycles. The summed E-state index contributed by atoms with van der Waals surface area (Å²) < 4.78 is 13.2. The molecule has 2 aromatic rings. The van der Waals surface area contributed by atoms with E-state index in [1.165, 1.54) is 0 Å². The molecule has 102 valence electrons. The topological polar surface area (TPSA) is 47.6 Å². The molecular weight excluding hydrogens is 312 g/mol. The molecule has 0 bridgehead atoms. The van der Waals surface area contributed by atoms with Crippen molar-refractivity contribution in [3.8, 4) is 0 Å². The largest absolute Gasteiger partial charge is 0.419 e. The minimum absolute atomic E-state index is 0.290. The van der Waals surface area contributed by atoms with E-state index in [9.17, 15) is 4.79 Å². The van der Waals surface area contributed by atoms with Gasteiger partial charge in [0.15, 0.2) is 5.58 Å². The second-order valence-corrected chi connectivity index (χ2v) is 5.50. The quantitative estimate of drug-likeness (QED) is 0.861. The lowest BCUT2D eigenvalue weighted by Crippen LogP contribution is -2.38. The van der Waals surface area contributed by atoms with Crippen LogP contribution in [0.15, 0.2) is 31.9 Å². The van der Waals surface area contributed by atoms with Gasteiger partial charge in [0.1, 0.15) is 0 Å². The number of nitrogens with zero attached hydrogens (tertiary/aromatic N) is 2. The Hall–Kier alpha value is -1.11. The summed E-state index contributed by atoms with van der Waals surface area (Å²) in [5.41, 5.74) is 1.47. The molecule has 6 heteroatoms. The van der Waals surface area contributed by atoms with Gasteiger partial charge in [0, 0.05) is 30.7 Å². The Labute approximate surface area is 118 Å². The van der Waals surface area contributed by atoms with Crippen molar-refractivity contribution in [2.45, 2.75) is 6.54 Å². The van der Waals surface area contributed by atoms with Crippen molar-refractivity contribution in [3.63, 3.8) is 0 Å². The third-order valence-electron chi connectivity index (χ3n) is 3.37. The summed E-state index contributed by atoms with van der Waals surface area (Å²) in [6.07, 6.45) is 0. The summed E-state index contributed by atoms with van der Waals surface area (Å²) in [6, 6.07) is 5.65. The van der Waals surface area contributed by atoms with Crippen molar-refractivity contribution in [1.82, 2.24) is 9.47 Å². The van der Waals surface area contributed by atoms with E-state index in [1.807, 2.05) is 18.2 Å². The molecule has 19 heavy (non-hydrogen) atoms. The number of aromatic nitrogens is 1. The maximum atomic E-state index is 11.9. The maximum Gasteiger partial charge on any atom is 0.419 e. The first-order valence-electron chi connectivity index (χ1n) is 6.33. The fourth-order valence-corrected chi connectivity index (χ4v) is 2.66. The molecule has 0 N–H and O–H groups in total. The fraction of sp³-hybridized carbons (Fsp3) is 0.462. The van der Waals surface area contributed by atoms with Crippen LogP contribution in [0.5, 0.6) is 0 Å². The number of fused-ring (bicyclic) bond motifs is 1. The van der Waals surface area contributed by atoms with E-state index in [0.29, 0.717) is 12.1 Å². The predicted octanol–water partition coefficient (Wildman–Crippen LogP) is 1.69. The molecule has 0 spiro atoms. The molecule has 0 unspecified atom stereocenters. The summed E-state index contributed by atoms with van der Waals surface area (Å²) in [7, 11) is 0. The highest BCUT2D eigenvalue weighted by molar-refractivity contribution is 9.10. The zero-order valence-electron chi connectivity index (χ0n) is 10.5. The maximum absolute atomic E-state index is 11.9. The minimum atomic E-state index is -0.290. The van der Waals surface area contributed by atoms with Crippen LogP contribution in [0, 0.1) is 0 Å². The zero-order valence-corrected chi connectivity index (χ0v) is 12.1. The van der Waals surface area contributed by atoms with Gasteiger partial charge in [-0.05, 0) is 18.2 Å². The lowest BCUT2D eigenvalue weighted by molar-refractivity contribution is 0.0363. The van der Waals surface area contributed by atoms with Crippen molar-refractivity contribution in [3.05, 3.63) is 33.2 Å². The van der Waals surface area contributed by atoms with Crippen LogP contribution in [0.1, 0.15) is 0 Å². The van der Waals surface area contributed by atoms with E-state index >= 15 is 0 Å². The second kappa shape index (κ2) is 5.48. The van der Waals surface area contributed by atoms with Crippen LogP contribution < -0.4 is 5.76 Å². The molecule has 0 atom stereocenters. The van der Waals surface area contributed by atoms with Gasteiger partial charge in [-0.15, -0.1) is 0 Å². The van der Waals surface area contributed by atoms with Gasteiger partial charge >= 0.3 is 5.76 Å². The van der Waals surface area contributed by atoms with Gasteiger partial charge in [-0.1, -0.05) is 15.9 Å². The lowest BCUT2D eigenvalue weighted by atomic mass is 10.3. The summed E-state index contributed by atoms with van der Waals surface area (Å²) in [5.74, 6) is -0.290. The van der Waals surface area contributed by atoms with Gasteiger partial charge < -0.3 is 9.15 Å². The molecule has 1 aliphatic heterocycles. The van der Waals surface area contributed by atoms with Gasteiger partial charge in [0.05, 0.1) is 18.7 Å². The van der Waals surface area contributed by atoms with Crippen molar-refractivity contribution in [2.75, 3.05) is 32.8 Å². The highest BCUT2D eigenvalue weighted by Crippen LogP contribution is 2.18. The SMILES string of the molecule is O=c1oc2cc(Br)ccc2n1CCN1CCOCC1. The fourth-order valence-electron chi connectivity index (χ4n) is 2.32. The second-order valence-electron chi connectivity index (χ2n) is 4.59. The van der Waals surface area contributed by atoms with Crippen molar-refractivity contribution < 1.29 is 9.15 Å². The average Bonchev–Trinajstić information content (AvgIpc) is 2.72. The molecular formula is C13H15BrN2O3. The van der Waals surface area contributed by atoms with E-state index in [2.05, 4.69) is 20.8 Å². The van der Waals surface area contributed by atoms with Crippen molar-refractivity contribution >= 4 is 27.0 Å². The van der Waals surface area contributed by atoms with E-state index in [-0.39, 0.29) is 5.76 Å². The summed E-state index contributed by atoms with van der Waals surface area (Å²) in [5, 5.41) is 0.